The van der Waals surface area contributed by atoms with E-state index in [2.05, 4.69) is 11.8 Å². The van der Waals surface area contributed by atoms with E-state index in [9.17, 15) is 5.11 Å². The molecule has 1 N–H and O–H groups in total. The maximum absolute atomic E-state index is 9.52. The van der Waals surface area contributed by atoms with Gasteiger partial charge in [0, 0.05) is 24.8 Å². The first-order valence-corrected chi connectivity index (χ1v) is 4.65. The fraction of sp³-hybridized carbons (Fsp3) is 0.455. The number of para-hydroxylation sites is 1. The van der Waals surface area contributed by atoms with E-state index in [0.29, 0.717) is 0 Å². The second kappa shape index (κ2) is 4.28. The van der Waals surface area contributed by atoms with Crippen molar-refractivity contribution in [3.8, 4) is 0 Å². The molecule has 1 aromatic carbocycles. The van der Waals surface area contributed by atoms with Crippen molar-refractivity contribution in [2.24, 2.45) is 0 Å². The largest absolute Gasteiger partial charge is 0.389 e. The van der Waals surface area contributed by atoms with Crippen LogP contribution in [0, 0.1) is 0 Å². The van der Waals surface area contributed by atoms with E-state index in [1.54, 1.807) is 6.92 Å². The summed E-state index contributed by atoms with van der Waals surface area (Å²) in [6.45, 7) is 4.84. The van der Waals surface area contributed by atoms with Crippen molar-refractivity contribution in [2.75, 3.05) is 18.5 Å². The summed E-state index contributed by atoms with van der Waals surface area (Å²) >= 11 is 0. The number of hydrogen-bond acceptors (Lipinski definition) is 2. The fourth-order valence-electron chi connectivity index (χ4n) is 1.36. The molecule has 0 amide bonds. The fourth-order valence-corrected chi connectivity index (χ4v) is 1.36. The van der Waals surface area contributed by atoms with Gasteiger partial charge >= 0.3 is 0 Å². The van der Waals surface area contributed by atoms with Gasteiger partial charge in [0.15, 0.2) is 0 Å². The highest BCUT2D eigenvalue weighted by Gasteiger charge is 2.08. The Morgan fingerprint density at radius 3 is 2.54 bits per heavy atom. The third kappa shape index (κ3) is 2.22. The predicted octanol–water partition coefficient (Wildman–Crippen LogP) is 2.20. The number of aliphatic hydroxyl groups excluding tert-OH is 1. The van der Waals surface area contributed by atoms with Crippen LogP contribution >= 0.6 is 0 Å². The van der Waals surface area contributed by atoms with Gasteiger partial charge in [-0.15, -0.1) is 0 Å². The molecule has 2 nitrogen and oxygen atoms in total. The Hall–Kier alpha value is -1.02. The Balaban J connectivity index is 3.04. The van der Waals surface area contributed by atoms with Gasteiger partial charge in [-0.25, -0.2) is 0 Å². The number of rotatable bonds is 3. The van der Waals surface area contributed by atoms with E-state index >= 15 is 0 Å². The first-order valence-electron chi connectivity index (χ1n) is 4.65. The highest BCUT2D eigenvalue weighted by atomic mass is 16.3. The number of hydrogen-bond donors (Lipinski definition) is 1. The molecule has 1 atom stereocenters. The number of aliphatic hydroxyl groups is 1. The molecule has 0 fully saturated rings. The van der Waals surface area contributed by atoms with E-state index in [4.69, 9.17) is 0 Å². The van der Waals surface area contributed by atoms with Crippen LogP contribution in [-0.2, 0) is 0 Å². The molecule has 0 heterocycles. The topological polar surface area (TPSA) is 23.5 Å². The highest BCUT2D eigenvalue weighted by Crippen LogP contribution is 2.24. The summed E-state index contributed by atoms with van der Waals surface area (Å²) in [7, 11) is 2.03. The van der Waals surface area contributed by atoms with Crippen LogP contribution in [0.25, 0.3) is 0 Å². The lowest BCUT2D eigenvalue weighted by molar-refractivity contribution is 0.199. The van der Waals surface area contributed by atoms with Crippen LogP contribution in [0.4, 0.5) is 5.69 Å². The molecule has 72 valence electrons. The monoisotopic (exact) mass is 179 g/mol. The van der Waals surface area contributed by atoms with Crippen LogP contribution < -0.4 is 4.90 Å². The van der Waals surface area contributed by atoms with Gasteiger partial charge in [-0.1, -0.05) is 18.2 Å². The molecule has 0 aliphatic rings. The molecule has 0 bridgehead atoms. The first kappa shape index (κ1) is 10.1. The van der Waals surface area contributed by atoms with Gasteiger partial charge in [-0.3, -0.25) is 0 Å². The lowest BCUT2D eigenvalue weighted by atomic mass is 10.1. The highest BCUT2D eigenvalue weighted by molar-refractivity contribution is 5.53. The Kier molecular flexibility index (Phi) is 3.32. The summed E-state index contributed by atoms with van der Waals surface area (Å²) < 4.78 is 0. The number of benzene rings is 1. The minimum absolute atomic E-state index is 0.398. The molecule has 0 saturated carbocycles. The second-order valence-electron chi connectivity index (χ2n) is 3.25. The van der Waals surface area contributed by atoms with Crippen molar-refractivity contribution < 1.29 is 5.11 Å². The molecule has 0 radical (unpaired) electrons. The lowest BCUT2D eigenvalue weighted by Gasteiger charge is -2.21. The van der Waals surface area contributed by atoms with Crippen molar-refractivity contribution in [3.05, 3.63) is 29.8 Å². The molecule has 1 aromatic rings. The predicted molar refractivity (Wildman–Crippen MR) is 56.0 cm³/mol. The number of anilines is 1. The van der Waals surface area contributed by atoms with Crippen LogP contribution in [0.2, 0.25) is 0 Å². The van der Waals surface area contributed by atoms with Crippen molar-refractivity contribution in [1.82, 2.24) is 0 Å². The maximum atomic E-state index is 9.52. The van der Waals surface area contributed by atoms with Crippen LogP contribution in [0.15, 0.2) is 24.3 Å². The van der Waals surface area contributed by atoms with Crippen molar-refractivity contribution in [1.29, 1.82) is 0 Å². The van der Waals surface area contributed by atoms with Crippen LogP contribution in [0.1, 0.15) is 25.5 Å². The van der Waals surface area contributed by atoms with Gasteiger partial charge in [-0.2, -0.15) is 0 Å². The van der Waals surface area contributed by atoms with Crippen LogP contribution in [0.5, 0.6) is 0 Å². The summed E-state index contributed by atoms with van der Waals surface area (Å²) in [5.74, 6) is 0. The zero-order valence-electron chi connectivity index (χ0n) is 8.49. The van der Waals surface area contributed by atoms with Crippen molar-refractivity contribution in [2.45, 2.75) is 20.0 Å². The van der Waals surface area contributed by atoms with E-state index < -0.39 is 6.10 Å². The Bertz CT molecular complexity index is 271. The molecule has 0 aromatic heterocycles. The Morgan fingerprint density at radius 1 is 1.38 bits per heavy atom. The molecule has 0 aliphatic carbocycles. The zero-order valence-corrected chi connectivity index (χ0v) is 8.49. The summed E-state index contributed by atoms with van der Waals surface area (Å²) in [6.07, 6.45) is -0.398. The molecular weight excluding hydrogens is 162 g/mol. The van der Waals surface area contributed by atoms with Crippen molar-refractivity contribution >= 4 is 5.69 Å². The molecule has 1 rings (SSSR count). The van der Waals surface area contributed by atoms with Gasteiger partial charge in [0.1, 0.15) is 0 Å². The summed E-state index contributed by atoms with van der Waals surface area (Å²) in [5, 5.41) is 9.52. The van der Waals surface area contributed by atoms with E-state index in [0.717, 1.165) is 17.8 Å². The maximum Gasteiger partial charge on any atom is 0.0781 e. The smallest absolute Gasteiger partial charge is 0.0781 e. The molecular formula is C11H17NO. The van der Waals surface area contributed by atoms with Gasteiger partial charge < -0.3 is 10.0 Å². The summed E-state index contributed by atoms with van der Waals surface area (Å²) in [5.41, 5.74) is 2.10. The van der Waals surface area contributed by atoms with E-state index in [1.807, 2.05) is 31.3 Å². The molecule has 0 saturated heterocycles. The van der Waals surface area contributed by atoms with E-state index in [-0.39, 0.29) is 0 Å². The average molecular weight is 179 g/mol. The van der Waals surface area contributed by atoms with Gasteiger partial charge in [0.2, 0.25) is 0 Å². The van der Waals surface area contributed by atoms with Crippen molar-refractivity contribution in [3.63, 3.8) is 0 Å². The minimum Gasteiger partial charge on any atom is -0.389 e. The third-order valence-electron chi connectivity index (χ3n) is 2.27. The van der Waals surface area contributed by atoms with Gasteiger partial charge in [0.05, 0.1) is 6.10 Å². The van der Waals surface area contributed by atoms with Crippen LogP contribution in [0.3, 0.4) is 0 Å². The molecule has 0 aliphatic heterocycles. The average Bonchev–Trinajstić information content (AvgIpc) is 2.16. The first-order chi connectivity index (χ1) is 6.16. The van der Waals surface area contributed by atoms with Gasteiger partial charge in [0.25, 0.3) is 0 Å². The Labute approximate surface area is 79.8 Å². The normalized spacial score (nSPS) is 12.6. The van der Waals surface area contributed by atoms with Crippen LogP contribution in [-0.4, -0.2) is 18.7 Å². The quantitative estimate of drug-likeness (QED) is 0.769. The Morgan fingerprint density at radius 2 is 2.00 bits per heavy atom. The second-order valence-corrected chi connectivity index (χ2v) is 3.25. The summed E-state index contributed by atoms with van der Waals surface area (Å²) in [6, 6.07) is 7.94. The SMILES string of the molecule is CCN(C)c1ccccc1C(C)O. The van der Waals surface area contributed by atoms with Gasteiger partial charge in [-0.05, 0) is 19.9 Å². The molecule has 1 unspecified atom stereocenters. The molecule has 0 spiro atoms. The molecule has 2 heteroatoms. The lowest BCUT2D eigenvalue weighted by Crippen LogP contribution is -2.18. The number of nitrogens with zero attached hydrogens (tertiary/aromatic N) is 1. The zero-order chi connectivity index (χ0) is 9.84. The minimum atomic E-state index is -0.398. The third-order valence-corrected chi connectivity index (χ3v) is 2.27. The standard InChI is InChI=1S/C11H17NO/c1-4-12(3)11-8-6-5-7-10(11)9(2)13/h5-9,13H,4H2,1-3H3. The summed E-state index contributed by atoms with van der Waals surface area (Å²) in [4.78, 5) is 2.13. The van der Waals surface area contributed by atoms with E-state index in [1.165, 1.54) is 0 Å². The molecule has 13 heavy (non-hydrogen) atoms.